The van der Waals surface area contributed by atoms with E-state index in [1.807, 2.05) is 19.1 Å². The Morgan fingerprint density at radius 2 is 2.00 bits per heavy atom. The van der Waals surface area contributed by atoms with E-state index in [9.17, 15) is 4.79 Å². The van der Waals surface area contributed by atoms with Crippen molar-refractivity contribution in [1.29, 1.82) is 5.41 Å². The number of piperidine rings is 1. The van der Waals surface area contributed by atoms with Gasteiger partial charge in [0.25, 0.3) is 0 Å². The second kappa shape index (κ2) is 9.47. The number of nitrogens with one attached hydrogen (secondary N) is 3. The summed E-state index contributed by atoms with van der Waals surface area (Å²) >= 11 is 0. The largest absolute Gasteiger partial charge is 0.378 e. The highest BCUT2D eigenvalue weighted by Gasteiger charge is 2.32. The van der Waals surface area contributed by atoms with E-state index in [4.69, 9.17) is 15.1 Å². The van der Waals surface area contributed by atoms with Gasteiger partial charge >= 0.3 is 0 Å². The van der Waals surface area contributed by atoms with Gasteiger partial charge < -0.3 is 20.3 Å². The zero-order chi connectivity index (χ0) is 20.1. The first kappa shape index (κ1) is 20.7. The van der Waals surface area contributed by atoms with E-state index in [-0.39, 0.29) is 17.8 Å². The van der Waals surface area contributed by atoms with Crippen molar-refractivity contribution in [1.82, 2.24) is 15.6 Å². The van der Waals surface area contributed by atoms with Gasteiger partial charge in [-0.3, -0.25) is 10.2 Å². The van der Waals surface area contributed by atoms with E-state index in [0.29, 0.717) is 17.6 Å². The molecule has 0 bridgehead atoms. The van der Waals surface area contributed by atoms with Crippen molar-refractivity contribution in [3.63, 3.8) is 0 Å². The number of amidine groups is 1. The fourth-order valence-corrected chi connectivity index (χ4v) is 4.33. The van der Waals surface area contributed by atoms with E-state index in [2.05, 4.69) is 15.5 Å². The molecular formula is C21H33N5O2. The van der Waals surface area contributed by atoms with Crippen LogP contribution in [-0.4, -0.2) is 55.1 Å². The van der Waals surface area contributed by atoms with Gasteiger partial charge in [-0.25, -0.2) is 4.98 Å². The maximum atomic E-state index is 11.4. The first-order valence-corrected chi connectivity index (χ1v) is 10.4. The normalized spacial score (nSPS) is 23.5. The Balaban J connectivity index is 1.73. The van der Waals surface area contributed by atoms with Crippen molar-refractivity contribution >= 4 is 17.6 Å². The molecule has 3 N–H and O–H groups in total. The van der Waals surface area contributed by atoms with Crippen LogP contribution in [0.3, 0.4) is 0 Å². The molecule has 1 aromatic rings. The first-order valence-electron chi connectivity index (χ1n) is 10.4. The summed E-state index contributed by atoms with van der Waals surface area (Å²) in [5.74, 6) is 0.588. The minimum Gasteiger partial charge on any atom is -0.378 e. The zero-order valence-corrected chi connectivity index (χ0v) is 17.3. The smallest absolute Gasteiger partial charge is 0.222 e. The molecule has 0 aromatic carbocycles. The fourth-order valence-electron chi connectivity index (χ4n) is 4.33. The van der Waals surface area contributed by atoms with Gasteiger partial charge in [-0.1, -0.05) is 19.3 Å². The molecule has 1 amide bonds. The van der Waals surface area contributed by atoms with Gasteiger partial charge in [-0.2, -0.15) is 0 Å². The van der Waals surface area contributed by atoms with E-state index in [1.54, 1.807) is 7.11 Å². The van der Waals surface area contributed by atoms with Gasteiger partial charge in [0.2, 0.25) is 5.91 Å². The Labute approximate surface area is 167 Å². The molecule has 1 aliphatic heterocycles. The summed E-state index contributed by atoms with van der Waals surface area (Å²) in [6.45, 7) is 4.93. The summed E-state index contributed by atoms with van der Waals surface area (Å²) in [6, 6.07) is 4.68. The van der Waals surface area contributed by atoms with Gasteiger partial charge in [0, 0.05) is 44.9 Å². The van der Waals surface area contributed by atoms with Crippen molar-refractivity contribution in [2.45, 2.75) is 70.6 Å². The zero-order valence-electron chi connectivity index (χ0n) is 17.3. The Hall–Kier alpha value is -1.99. The summed E-state index contributed by atoms with van der Waals surface area (Å²) < 4.78 is 5.84. The lowest BCUT2D eigenvalue weighted by Gasteiger charge is -2.41. The number of carbonyl (C=O) groups excluding carboxylic acids is 1. The van der Waals surface area contributed by atoms with Crippen LogP contribution in [0.15, 0.2) is 12.1 Å². The van der Waals surface area contributed by atoms with Gasteiger partial charge in [0.1, 0.15) is 11.7 Å². The molecule has 3 rings (SSSR count). The third kappa shape index (κ3) is 5.08. The van der Waals surface area contributed by atoms with Crippen molar-refractivity contribution in [3.05, 3.63) is 23.4 Å². The molecule has 1 aliphatic carbocycles. The van der Waals surface area contributed by atoms with Crippen LogP contribution in [0.25, 0.3) is 0 Å². The minimum atomic E-state index is -0.248. The summed E-state index contributed by atoms with van der Waals surface area (Å²) in [4.78, 5) is 18.3. The quantitative estimate of drug-likeness (QED) is 0.533. The van der Waals surface area contributed by atoms with Crippen LogP contribution in [-0.2, 0) is 9.53 Å². The number of anilines is 1. The van der Waals surface area contributed by atoms with Gasteiger partial charge in [-0.05, 0) is 38.3 Å². The van der Waals surface area contributed by atoms with Gasteiger partial charge in [0.15, 0.2) is 0 Å². The van der Waals surface area contributed by atoms with Crippen molar-refractivity contribution in [2.75, 3.05) is 25.1 Å². The molecule has 1 aromatic heterocycles. The molecule has 7 heteroatoms. The number of hydrogen-bond donors (Lipinski definition) is 3. The second-order valence-electron chi connectivity index (χ2n) is 8.00. The van der Waals surface area contributed by atoms with E-state index >= 15 is 0 Å². The van der Waals surface area contributed by atoms with Crippen LogP contribution in [0.2, 0.25) is 0 Å². The highest BCUT2D eigenvalue weighted by Crippen LogP contribution is 2.26. The number of nitrogens with zero attached hydrogens (tertiary/aromatic N) is 2. The molecular weight excluding hydrogens is 354 g/mol. The topological polar surface area (TPSA) is 90.3 Å². The third-order valence-corrected chi connectivity index (χ3v) is 5.80. The van der Waals surface area contributed by atoms with Crippen molar-refractivity contribution < 1.29 is 9.53 Å². The number of rotatable bonds is 5. The number of carbonyl (C=O) groups is 1. The highest BCUT2D eigenvalue weighted by molar-refractivity contribution is 6.08. The summed E-state index contributed by atoms with van der Waals surface area (Å²) in [5, 5.41) is 14.7. The summed E-state index contributed by atoms with van der Waals surface area (Å²) in [5.41, 5.74) is 1.54. The number of hydrogen-bond acceptors (Lipinski definition) is 6. The van der Waals surface area contributed by atoms with Crippen LogP contribution in [0.1, 0.15) is 56.7 Å². The average Bonchev–Trinajstić information content (AvgIpc) is 2.68. The number of aryl methyl sites for hydroxylation is 1. The predicted molar refractivity (Wildman–Crippen MR) is 111 cm³/mol. The minimum absolute atomic E-state index is 0.0702. The lowest BCUT2D eigenvalue weighted by Crippen LogP contribution is -2.56. The Bertz CT molecular complexity index is 702. The molecule has 2 aliphatic rings. The molecule has 154 valence electrons. The molecule has 1 saturated carbocycles. The standard InChI is InChI=1S/C21H33N5O2/c1-14-9-10-17(20(22)24-15(2)27)21(23-14)26-12-11-18(19(13-26)28-3)25-16-7-5-4-6-8-16/h9-10,16,18-19,25H,4-8,11-13H2,1-3H3,(H2,22,24,27)/t18-,19+/m0/s1. The van der Waals surface area contributed by atoms with Crippen LogP contribution in [0.4, 0.5) is 5.82 Å². The Kier molecular flexibility index (Phi) is 7.02. The maximum absolute atomic E-state index is 11.4. The fraction of sp³-hybridized carbons (Fsp3) is 0.667. The molecule has 28 heavy (non-hydrogen) atoms. The Morgan fingerprint density at radius 1 is 1.25 bits per heavy atom. The SMILES string of the molecule is CO[C@@H]1CN(c2nc(C)ccc2C(=N)NC(C)=O)CC[C@@H]1NC1CCCCC1. The monoisotopic (exact) mass is 387 g/mol. The van der Waals surface area contributed by atoms with Crippen molar-refractivity contribution in [2.24, 2.45) is 0 Å². The van der Waals surface area contributed by atoms with Gasteiger partial charge in [0.05, 0.1) is 11.7 Å². The van der Waals surface area contributed by atoms with E-state index < -0.39 is 0 Å². The van der Waals surface area contributed by atoms with E-state index in [0.717, 1.165) is 31.0 Å². The molecule has 0 spiro atoms. The number of aromatic nitrogens is 1. The molecule has 0 unspecified atom stereocenters. The lowest BCUT2D eigenvalue weighted by atomic mass is 9.92. The predicted octanol–water partition coefficient (Wildman–Crippen LogP) is 2.37. The number of ether oxygens (including phenoxy) is 1. The van der Waals surface area contributed by atoms with Crippen LogP contribution in [0, 0.1) is 12.3 Å². The second-order valence-corrected chi connectivity index (χ2v) is 8.00. The molecule has 7 nitrogen and oxygen atoms in total. The third-order valence-electron chi connectivity index (χ3n) is 5.80. The average molecular weight is 388 g/mol. The summed E-state index contributed by atoms with van der Waals surface area (Å²) in [7, 11) is 1.77. The molecule has 0 radical (unpaired) electrons. The number of amides is 1. The molecule has 1 saturated heterocycles. The van der Waals surface area contributed by atoms with Gasteiger partial charge in [-0.15, -0.1) is 0 Å². The van der Waals surface area contributed by atoms with Crippen molar-refractivity contribution in [3.8, 4) is 0 Å². The van der Waals surface area contributed by atoms with E-state index in [1.165, 1.54) is 39.0 Å². The van der Waals surface area contributed by atoms with Crippen LogP contribution in [0.5, 0.6) is 0 Å². The molecule has 2 heterocycles. The lowest BCUT2D eigenvalue weighted by molar-refractivity contribution is -0.117. The maximum Gasteiger partial charge on any atom is 0.222 e. The molecule has 2 atom stereocenters. The van der Waals surface area contributed by atoms with Crippen LogP contribution < -0.4 is 15.5 Å². The molecule has 2 fully saturated rings. The Morgan fingerprint density at radius 3 is 2.68 bits per heavy atom. The summed E-state index contributed by atoms with van der Waals surface area (Å²) in [6.07, 6.45) is 7.54. The first-order chi connectivity index (χ1) is 13.5. The number of pyridine rings is 1. The van der Waals surface area contributed by atoms with Crippen LogP contribution >= 0.6 is 0 Å². The number of methoxy groups -OCH3 is 1. The highest BCUT2D eigenvalue weighted by atomic mass is 16.5.